The van der Waals surface area contributed by atoms with Gasteiger partial charge in [0.05, 0.1) is 23.6 Å². The molecule has 1 unspecified atom stereocenters. The average molecular weight is 274 g/mol. The maximum absolute atomic E-state index is 11.6. The smallest absolute Gasteiger partial charge is 0.418 e. The third-order valence-electron chi connectivity index (χ3n) is 2.88. The maximum Gasteiger partial charge on any atom is 0.418 e. The lowest BCUT2D eigenvalue weighted by Crippen LogP contribution is -2.26. The Bertz CT molecular complexity index is 566. The third-order valence-corrected chi connectivity index (χ3v) is 2.88. The van der Waals surface area contributed by atoms with E-state index >= 15 is 0 Å². The van der Waals surface area contributed by atoms with Crippen LogP contribution in [0.1, 0.15) is 18.4 Å². The zero-order valence-electron chi connectivity index (χ0n) is 10.9. The number of carbonyl (C=O) groups excluding carboxylic acids is 1. The summed E-state index contributed by atoms with van der Waals surface area (Å²) in [5, 5.41) is 11.2. The van der Waals surface area contributed by atoms with Gasteiger partial charge in [0.2, 0.25) is 0 Å². The molecule has 0 aliphatic carbocycles. The van der Waals surface area contributed by atoms with Crippen LogP contribution < -0.4 is 0 Å². The summed E-state index contributed by atoms with van der Waals surface area (Å²) in [6.07, 6.45) is 3.68. The largest absolute Gasteiger partial charge is 0.449 e. The van der Waals surface area contributed by atoms with Crippen LogP contribution in [0.2, 0.25) is 0 Å². The van der Waals surface area contributed by atoms with Gasteiger partial charge in [-0.2, -0.15) is 0 Å². The summed E-state index contributed by atoms with van der Waals surface area (Å²) in [6, 6.07) is 9.10. The molecule has 1 aromatic carbocycles. The first kappa shape index (κ1) is 13.8. The predicted octanol–water partition coefficient (Wildman–Crippen LogP) is 2.87. The molecule has 6 nitrogen and oxygen atoms in total. The lowest BCUT2D eigenvalue weighted by atomic mass is 9.95. The molecule has 6 heteroatoms. The fourth-order valence-electron chi connectivity index (χ4n) is 1.96. The number of amides is 1. The van der Waals surface area contributed by atoms with Gasteiger partial charge in [-0.15, -0.1) is 0 Å². The van der Waals surface area contributed by atoms with Crippen LogP contribution in [-0.4, -0.2) is 22.5 Å². The highest BCUT2D eigenvalue weighted by Crippen LogP contribution is 2.30. The van der Waals surface area contributed by atoms with Crippen molar-refractivity contribution in [2.75, 3.05) is 6.61 Å². The fourth-order valence-corrected chi connectivity index (χ4v) is 1.96. The van der Waals surface area contributed by atoms with Crippen LogP contribution in [0.15, 0.2) is 54.5 Å². The zero-order valence-corrected chi connectivity index (χ0v) is 10.9. The van der Waals surface area contributed by atoms with E-state index in [4.69, 9.17) is 4.74 Å². The number of nitrogens with zero attached hydrogens (tertiary/aromatic N) is 2. The minimum absolute atomic E-state index is 0.0632. The van der Waals surface area contributed by atoms with Gasteiger partial charge in [0.1, 0.15) is 0 Å². The Hall–Kier alpha value is -2.63. The Morgan fingerprint density at radius 3 is 2.70 bits per heavy atom. The summed E-state index contributed by atoms with van der Waals surface area (Å²) in [7, 11) is 0. The van der Waals surface area contributed by atoms with Crippen molar-refractivity contribution in [1.82, 2.24) is 4.90 Å². The molecule has 1 aliphatic heterocycles. The highest BCUT2D eigenvalue weighted by atomic mass is 16.6. The number of benzene rings is 1. The van der Waals surface area contributed by atoms with Gasteiger partial charge in [0.15, 0.2) is 0 Å². The molecule has 0 saturated heterocycles. The fraction of sp³-hybridized carbons (Fsp3) is 0.214. The summed E-state index contributed by atoms with van der Waals surface area (Å²) < 4.78 is 4.82. The van der Waals surface area contributed by atoms with Crippen molar-refractivity contribution in [2.45, 2.75) is 12.8 Å². The third kappa shape index (κ3) is 2.85. The number of rotatable bonds is 3. The number of carbonyl (C=O) groups is 1. The molecule has 1 aliphatic rings. The van der Waals surface area contributed by atoms with Crippen molar-refractivity contribution in [3.05, 3.63) is 70.2 Å². The average Bonchev–Trinajstić information content (AvgIpc) is 2.47. The molecule has 1 amide bonds. The number of ether oxygens (including phenoxy) is 1. The normalized spacial score (nSPS) is 17.6. The molecule has 1 aromatic rings. The van der Waals surface area contributed by atoms with Gasteiger partial charge < -0.3 is 4.74 Å². The lowest BCUT2D eigenvalue weighted by molar-refractivity contribution is -0.430. The molecule has 2 rings (SSSR count). The first-order chi connectivity index (χ1) is 9.63. The number of hydrogen-bond acceptors (Lipinski definition) is 4. The van der Waals surface area contributed by atoms with Gasteiger partial charge in [0.25, 0.3) is 5.70 Å². The molecule has 0 radical (unpaired) electrons. The van der Waals surface area contributed by atoms with Crippen molar-refractivity contribution in [3.63, 3.8) is 0 Å². The molecule has 0 saturated carbocycles. The maximum atomic E-state index is 11.6. The van der Waals surface area contributed by atoms with Crippen molar-refractivity contribution in [1.29, 1.82) is 0 Å². The topological polar surface area (TPSA) is 72.7 Å². The van der Waals surface area contributed by atoms with Crippen LogP contribution in [0.4, 0.5) is 4.79 Å². The molecular weight excluding hydrogens is 260 g/mol. The van der Waals surface area contributed by atoms with Gasteiger partial charge >= 0.3 is 6.09 Å². The minimum atomic E-state index is -0.630. The highest BCUT2D eigenvalue weighted by Gasteiger charge is 2.30. The van der Waals surface area contributed by atoms with Gasteiger partial charge in [-0.25, -0.2) is 4.79 Å². The Morgan fingerprint density at radius 2 is 2.10 bits per heavy atom. The van der Waals surface area contributed by atoms with Crippen LogP contribution in [0.5, 0.6) is 0 Å². The Balaban J connectivity index is 2.30. The standard InChI is InChI=1S/C14H14N2O4/c1-2-20-14(17)15-9-8-12(13(10-15)16(18)19)11-6-4-3-5-7-11/h3-10,12H,2H2,1H3. The quantitative estimate of drug-likeness (QED) is 0.627. The van der Waals surface area contributed by atoms with Crippen LogP contribution in [0, 0.1) is 10.1 Å². The summed E-state index contributed by atoms with van der Waals surface area (Å²) in [6.45, 7) is 1.89. The predicted molar refractivity (Wildman–Crippen MR) is 72.3 cm³/mol. The van der Waals surface area contributed by atoms with Crippen LogP contribution >= 0.6 is 0 Å². The van der Waals surface area contributed by atoms with Crippen molar-refractivity contribution < 1.29 is 14.5 Å². The monoisotopic (exact) mass is 274 g/mol. The summed E-state index contributed by atoms with van der Waals surface area (Å²) in [4.78, 5) is 23.4. The van der Waals surface area contributed by atoms with Crippen LogP contribution in [0.25, 0.3) is 0 Å². The Morgan fingerprint density at radius 1 is 1.40 bits per heavy atom. The number of nitro groups is 1. The van der Waals surface area contributed by atoms with E-state index in [0.717, 1.165) is 10.5 Å². The molecule has 1 atom stereocenters. The Labute approximate surface area is 116 Å². The second-order valence-electron chi connectivity index (χ2n) is 4.15. The Kier molecular flexibility index (Phi) is 4.14. The van der Waals surface area contributed by atoms with Crippen molar-refractivity contribution >= 4 is 6.09 Å². The molecule has 0 spiro atoms. The molecule has 0 fully saturated rings. The van der Waals surface area contributed by atoms with E-state index in [1.165, 1.54) is 12.4 Å². The highest BCUT2D eigenvalue weighted by molar-refractivity contribution is 5.70. The van der Waals surface area contributed by atoms with E-state index in [0.29, 0.717) is 0 Å². The van der Waals surface area contributed by atoms with E-state index in [1.54, 1.807) is 13.0 Å². The molecule has 104 valence electrons. The van der Waals surface area contributed by atoms with Crippen LogP contribution in [-0.2, 0) is 4.74 Å². The van der Waals surface area contributed by atoms with E-state index in [1.807, 2.05) is 30.3 Å². The van der Waals surface area contributed by atoms with E-state index in [2.05, 4.69) is 0 Å². The number of allylic oxidation sites excluding steroid dienone is 1. The number of hydrogen-bond donors (Lipinski definition) is 0. The van der Waals surface area contributed by atoms with E-state index < -0.39 is 16.9 Å². The van der Waals surface area contributed by atoms with Crippen LogP contribution in [0.3, 0.4) is 0 Å². The molecule has 1 heterocycles. The van der Waals surface area contributed by atoms with E-state index in [-0.39, 0.29) is 12.3 Å². The zero-order chi connectivity index (χ0) is 14.5. The molecule has 0 aromatic heterocycles. The first-order valence-corrected chi connectivity index (χ1v) is 6.18. The summed E-state index contributed by atoms with van der Waals surface area (Å²) in [5.74, 6) is -0.475. The molecule has 20 heavy (non-hydrogen) atoms. The SMILES string of the molecule is CCOC(=O)N1C=CC(c2ccccc2)C([N+](=O)[O-])=C1. The first-order valence-electron chi connectivity index (χ1n) is 6.18. The van der Waals surface area contributed by atoms with Gasteiger partial charge in [-0.05, 0) is 18.6 Å². The summed E-state index contributed by atoms with van der Waals surface area (Å²) in [5.41, 5.74) is 0.738. The molecule has 0 N–H and O–H groups in total. The van der Waals surface area contributed by atoms with E-state index in [9.17, 15) is 14.9 Å². The molecule has 0 bridgehead atoms. The molecular formula is C14H14N2O4. The van der Waals surface area contributed by atoms with Crippen molar-refractivity contribution in [3.8, 4) is 0 Å². The van der Waals surface area contributed by atoms with Gasteiger partial charge in [-0.3, -0.25) is 15.0 Å². The second kappa shape index (κ2) is 6.01. The summed E-state index contributed by atoms with van der Waals surface area (Å²) >= 11 is 0. The van der Waals surface area contributed by atoms with Gasteiger partial charge in [-0.1, -0.05) is 30.3 Å². The second-order valence-corrected chi connectivity index (χ2v) is 4.15. The van der Waals surface area contributed by atoms with Gasteiger partial charge in [0, 0.05) is 6.20 Å². The van der Waals surface area contributed by atoms with Crippen molar-refractivity contribution in [2.24, 2.45) is 0 Å². The lowest BCUT2D eigenvalue weighted by Gasteiger charge is -2.20. The minimum Gasteiger partial charge on any atom is -0.449 e.